The molecule has 0 fully saturated rings. The predicted octanol–water partition coefficient (Wildman–Crippen LogP) is 3.98. The number of nitro groups is 1. The molecule has 0 atom stereocenters. The lowest BCUT2D eigenvalue weighted by Gasteiger charge is -2.18. The molecule has 1 heterocycles. The highest BCUT2D eigenvalue weighted by Crippen LogP contribution is 2.25. The number of non-ortho nitro benzene ring substituents is 1. The number of carbonyl (C=O) groups is 1. The molecule has 0 unspecified atom stereocenters. The molecule has 9 nitrogen and oxygen atoms in total. The van der Waals surface area contributed by atoms with Gasteiger partial charge in [-0.15, -0.1) is 10.2 Å². The van der Waals surface area contributed by atoms with E-state index in [1.807, 2.05) is 24.3 Å². The van der Waals surface area contributed by atoms with Gasteiger partial charge in [0.05, 0.1) is 11.5 Å². The van der Waals surface area contributed by atoms with Crippen LogP contribution in [-0.4, -0.2) is 39.6 Å². The molecule has 0 bridgehead atoms. The Morgan fingerprint density at radius 3 is 2.32 bits per heavy atom. The molecule has 0 aliphatic carbocycles. The van der Waals surface area contributed by atoms with Crippen LogP contribution in [-0.2, 0) is 16.8 Å². The zero-order valence-corrected chi connectivity index (χ0v) is 17.9. The molecule has 0 radical (unpaired) electrons. The maximum atomic E-state index is 12.3. The quantitative estimate of drug-likeness (QED) is 0.416. The summed E-state index contributed by atoms with van der Waals surface area (Å²) in [4.78, 5) is 23.9. The molecule has 0 N–H and O–H groups in total. The van der Waals surface area contributed by atoms with E-state index >= 15 is 0 Å². The van der Waals surface area contributed by atoms with Crippen LogP contribution in [0.4, 0.5) is 5.69 Å². The number of hydrogen-bond donors (Lipinski definition) is 0. The van der Waals surface area contributed by atoms with Crippen LogP contribution in [0.15, 0.2) is 52.9 Å². The molecule has 0 spiro atoms. The Morgan fingerprint density at radius 2 is 1.74 bits per heavy atom. The maximum Gasteiger partial charge on any atom is 0.269 e. The molecule has 3 rings (SSSR count). The van der Waals surface area contributed by atoms with Crippen molar-refractivity contribution in [3.05, 3.63) is 70.1 Å². The van der Waals surface area contributed by atoms with Crippen molar-refractivity contribution in [2.45, 2.75) is 32.7 Å². The molecule has 31 heavy (non-hydrogen) atoms. The number of ether oxygens (including phenoxy) is 1. The van der Waals surface area contributed by atoms with Crippen LogP contribution in [0.5, 0.6) is 5.75 Å². The van der Waals surface area contributed by atoms with E-state index in [1.54, 1.807) is 7.05 Å². The lowest BCUT2D eigenvalue weighted by atomic mass is 9.87. The summed E-state index contributed by atoms with van der Waals surface area (Å²) in [6, 6.07) is 13.5. The fourth-order valence-electron chi connectivity index (χ4n) is 2.76. The Labute approximate surface area is 179 Å². The van der Waals surface area contributed by atoms with E-state index in [2.05, 4.69) is 31.0 Å². The van der Waals surface area contributed by atoms with Crippen molar-refractivity contribution >= 4 is 11.6 Å². The van der Waals surface area contributed by atoms with Crippen molar-refractivity contribution < 1.29 is 18.9 Å². The lowest BCUT2D eigenvalue weighted by molar-refractivity contribution is -0.384. The van der Waals surface area contributed by atoms with E-state index in [0.717, 1.165) is 5.56 Å². The van der Waals surface area contributed by atoms with Gasteiger partial charge in [-0.3, -0.25) is 14.9 Å². The van der Waals surface area contributed by atoms with Crippen LogP contribution in [0.3, 0.4) is 0 Å². The number of nitro benzene ring substituents is 1. The Balaban J connectivity index is 1.55. The van der Waals surface area contributed by atoms with Gasteiger partial charge in [0.25, 0.3) is 11.6 Å². The van der Waals surface area contributed by atoms with Crippen LogP contribution in [0.25, 0.3) is 11.5 Å². The van der Waals surface area contributed by atoms with Crippen LogP contribution < -0.4 is 4.74 Å². The Bertz CT molecular complexity index is 1050. The number of rotatable bonds is 7. The summed E-state index contributed by atoms with van der Waals surface area (Å²) in [6.45, 7) is 6.35. The van der Waals surface area contributed by atoms with E-state index < -0.39 is 4.92 Å². The van der Waals surface area contributed by atoms with Crippen LogP contribution in [0.2, 0.25) is 0 Å². The zero-order chi connectivity index (χ0) is 22.6. The summed E-state index contributed by atoms with van der Waals surface area (Å²) in [5.41, 5.74) is 2.02. The highest BCUT2D eigenvalue weighted by Gasteiger charge is 2.17. The summed E-state index contributed by atoms with van der Waals surface area (Å²) in [7, 11) is 1.60. The van der Waals surface area contributed by atoms with Gasteiger partial charge in [-0.2, -0.15) is 0 Å². The molecular weight excluding hydrogens is 400 g/mol. The van der Waals surface area contributed by atoms with Crippen molar-refractivity contribution in [3.63, 3.8) is 0 Å². The number of benzene rings is 2. The molecule has 0 aliphatic rings. The van der Waals surface area contributed by atoms with Gasteiger partial charge in [0.15, 0.2) is 6.61 Å². The summed E-state index contributed by atoms with van der Waals surface area (Å²) >= 11 is 0. The summed E-state index contributed by atoms with van der Waals surface area (Å²) < 4.78 is 11.1. The van der Waals surface area contributed by atoms with Gasteiger partial charge >= 0.3 is 0 Å². The predicted molar refractivity (Wildman–Crippen MR) is 113 cm³/mol. The Morgan fingerprint density at radius 1 is 1.10 bits per heavy atom. The van der Waals surface area contributed by atoms with Gasteiger partial charge in [0.2, 0.25) is 11.8 Å². The summed E-state index contributed by atoms with van der Waals surface area (Å²) in [5, 5.41) is 18.8. The second-order valence-corrected chi connectivity index (χ2v) is 8.12. The molecule has 3 aromatic rings. The van der Waals surface area contributed by atoms with Crippen LogP contribution in [0, 0.1) is 10.1 Å². The van der Waals surface area contributed by atoms with E-state index in [0.29, 0.717) is 17.5 Å². The molecule has 0 aliphatic heterocycles. The third kappa shape index (κ3) is 5.65. The first-order valence-corrected chi connectivity index (χ1v) is 9.68. The van der Waals surface area contributed by atoms with Gasteiger partial charge in [0, 0.05) is 24.7 Å². The van der Waals surface area contributed by atoms with Crippen molar-refractivity contribution in [2.75, 3.05) is 13.7 Å². The molecule has 1 amide bonds. The monoisotopic (exact) mass is 424 g/mol. The maximum absolute atomic E-state index is 12.3. The number of aromatic nitrogens is 2. The van der Waals surface area contributed by atoms with Crippen molar-refractivity contribution in [1.82, 2.24) is 15.1 Å². The standard InChI is InChI=1S/C22H24N4O5/c1-22(2,3)16-7-5-15(6-8-16)21-24-23-19(31-21)13-25(4)20(27)14-30-18-11-9-17(10-12-18)26(28)29/h5-12H,13-14H2,1-4H3. The Kier molecular flexibility index (Phi) is 6.33. The zero-order valence-electron chi connectivity index (χ0n) is 17.9. The molecule has 0 saturated heterocycles. The van der Waals surface area contributed by atoms with Crippen LogP contribution in [0.1, 0.15) is 32.2 Å². The summed E-state index contributed by atoms with van der Waals surface area (Å²) in [6.07, 6.45) is 0. The van der Waals surface area contributed by atoms with Gasteiger partial charge in [-0.1, -0.05) is 32.9 Å². The third-order valence-corrected chi connectivity index (χ3v) is 4.67. The van der Waals surface area contributed by atoms with E-state index in [4.69, 9.17) is 9.15 Å². The largest absolute Gasteiger partial charge is 0.484 e. The second-order valence-electron chi connectivity index (χ2n) is 8.12. The number of nitrogens with zero attached hydrogens (tertiary/aromatic N) is 4. The van der Waals surface area contributed by atoms with Crippen molar-refractivity contribution in [3.8, 4) is 17.2 Å². The normalized spacial score (nSPS) is 11.2. The SMILES string of the molecule is CN(Cc1nnc(-c2ccc(C(C)(C)C)cc2)o1)C(=O)COc1ccc([N+](=O)[O-])cc1. The molecule has 0 saturated carbocycles. The number of likely N-dealkylation sites (N-methyl/N-ethyl adjacent to an activating group) is 1. The number of hydrogen-bond acceptors (Lipinski definition) is 7. The number of carbonyl (C=O) groups excluding carboxylic acids is 1. The smallest absolute Gasteiger partial charge is 0.269 e. The van der Waals surface area contributed by atoms with E-state index in [9.17, 15) is 14.9 Å². The molecule has 1 aromatic heterocycles. The van der Waals surface area contributed by atoms with Gasteiger partial charge < -0.3 is 14.1 Å². The minimum Gasteiger partial charge on any atom is -0.484 e. The van der Waals surface area contributed by atoms with Gasteiger partial charge in [-0.25, -0.2) is 0 Å². The first-order valence-electron chi connectivity index (χ1n) is 9.68. The average Bonchev–Trinajstić information content (AvgIpc) is 3.20. The first kappa shape index (κ1) is 21.9. The van der Waals surface area contributed by atoms with Gasteiger partial charge in [-0.05, 0) is 35.2 Å². The van der Waals surface area contributed by atoms with Crippen molar-refractivity contribution in [2.24, 2.45) is 0 Å². The molecule has 9 heteroatoms. The van der Waals surface area contributed by atoms with Crippen LogP contribution >= 0.6 is 0 Å². The highest BCUT2D eigenvalue weighted by atomic mass is 16.6. The third-order valence-electron chi connectivity index (χ3n) is 4.67. The minimum absolute atomic E-state index is 0.0453. The molecule has 162 valence electrons. The van der Waals surface area contributed by atoms with Crippen molar-refractivity contribution in [1.29, 1.82) is 0 Å². The minimum atomic E-state index is -0.500. The second kappa shape index (κ2) is 8.95. The fraction of sp³-hybridized carbons (Fsp3) is 0.318. The molecule has 2 aromatic carbocycles. The fourth-order valence-corrected chi connectivity index (χ4v) is 2.76. The highest BCUT2D eigenvalue weighted by molar-refractivity contribution is 5.77. The van der Waals surface area contributed by atoms with E-state index in [1.165, 1.54) is 34.7 Å². The lowest BCUT2D eigenvalue weighted by Crippen LogP contribution is -2.31. The summed E-state index contributed by atoms with van der Waals surface area (Å²) in [5.74, 6) is 0.762. The topological polar surface area (TPSA) is 112 Å². The number of amides is 1. The first-order chi connectivity index (χ1) is 14.6. The van der Waals surface area contributed by atoms with Gasteiger partial charge in [0.1, 0.15) is 5.75 Å². The molecular formula is C22H24N4O5. The Hall–Kier alpha value is -3.75. The average molecular weight is 424 g/mol. The van der Waals surface area contributed by atoms with E-state index in [-0.39, 0.29) is 30.2 Å².